The monoisotopic (exact) mass is 269 g/mol. The molecule has 2 aromatic rings. The molecule has 1 amide bonds. The van der Waals surface area contributed by atoms with Crippen LogP contribution in [0.3, 0.4) is 0 Å². The highest BCUT2D eigenvalue weighted by Gasteiger charge is 2.11. The number of hydrogen-bond donors (Lipinski definition) is 2. The minimum atomic E-state index is -0.176. The fraction of sp³-hybridized carbons (Fsp3) is 0.250. The summed E-state index contributed by atoms with van der Waals surface area (Å²) in [5.74, 6) is 0.416. The van der Waals surface area contributed by atoms with Gasteiger partial charge in [0, 0.05) is 16.9 Å². The fourth-order valence-electron chi connectivity index (χ4n) is 1.84. The van der Waals surface area contributed by atoms with Crippen molar-refractivity contribution < 1.29 is 4.79 Å². The molecule has 0 aliphatic carbocycles. The minimum absolute atomic E-state index is 0.176. The Bertz CT molecular complexity index is 618. The number of carbonyl (C=O) groups excluding carboxylic acids is 1. The van der Waals surface area contributed by atoms with Gasteiger partial charge in [0.25, 0.3) is 5.91 Å². The summed E-state index contributed by atoms with van der Waals surface area (Å²) >= 11 is 0. The minimum Gasteiger partial charge on any atom is -0.384 e. The Morgan fingerprint density at radius 2 is 1.85 bits per heavy atom. The first kappa shape index (κ1) is 14.1. The zero-order chi connectivity index (χ0) is 14.7. The number of nitrogens with two attached hydrogens (primary N) is 1. The van der Waals surface area contributed by atoms with Gasteiger partial charge in [-0.05, 0) is 37.1 Å². The Hall–Kier alpha value is -2.36. The molecule has 0 saturated carbocycles. The summed E-state index contributed by atoms with van der Waals surface area (Å²) < 4.78 is 0. The van der Waals surface area contributed by atoms with Crippen molar-refractivity contribution in [3.8, 4) is 0 Å². The van der Waals surface area contributed by atoms with Crippen molar-refractivity contribution in [2.75, 3.05) is 11.1 Å². The summed E-state index contributed by atoms with van der Waals surface area (Å²) in [6.07, 6.45) is 0. The maximum absolute atomic E-state index is 12.2. The van der Waals surface area contributed by atoms with E-state index in [1.165, 1.54) is 0 Å². The number of anilines is 2. The molecule has 1 aromatic carbocycles. The smallest absolute Gasteiger partial charge is 0.255 e. The number of nitrogen functional groups attached to an aromatic ring is 1. The maximum Gasteiger partial charge on any atom is 0.255 e. The van der Waals surface area contributed by atoms with Crippen molar-refractivity contribution in [3.63, 3.8) is 0 Å². The van der Waals surface area contributed by atoms with Gasteiger partial charge >= 0.3 is 0 Å². The molecule has 104 valence electrons. The van der Waals surface area contributed by atoms with Gasteiger partial charge in [-0.15, -0.1) is 0 Å². The summed E-state index contributed by atoms with van der Waals surface area (Å²) in [6, 6.07) is 11.0. The molecule has 3 N–H and O–H groups in total. The Morgan fingerprint density at radius 3 is 2.45 bits per heavy atom. The van der Waals surface area contributed by atoms with Crippen LogP contribution in [0.2, 0.25) is 0 Å². The van der Waals surface area contributed by atoms with Crippen LogP contribution >= 0.6 is 0 Å². The number of carbonyl (C=O) groups is 1. The van der Waals surface area contributed by atoms with Gasteiger partial charge in [-0.2, -0.15) is 0 Å². The number of pyridine rings is 1. The van der Waals surface area contributed by atoms with Crippen molar-refractivity contribution >= 4 is 17.4 Å². The number of aryl methyl sites for hydroxylation is 1. The van der Waals surface area contributed by atoms with Gasteiger partial charge in [-0.3, -0.25) is 4.79 Å². The molecule has 0 aliphatic heterocycles. The topological polar surface area (TPSA) is 68.0 Å². The highest BCUT2D eigenvalue weighted by Crippen LogP contribution is 2.17. The highest BCUT2D eigenvalue weighted by molar-refractivity contribution is 6.04. The van der Waals surface area contributed by atoms with Crippen molar-refractivity contribution in [3.05, 3.63) is 53.2 Å². The number of rotatable bonds is 3. The van der Waals surface area contributed by atoms with Crippen molar-refractivity contribution in [1.82, 2.24) is 4.98 Å². The Morgan fingerprint density at radius 1 is 1.20 bits per heavy atom. The molecule has 20 heavy (non-hydrogen) atoms. The molecule has 4 nitrogen and oxygen atoms in total. The van der Waals surface area contributed by atoms with Crippen LogP contribution in [-0.4, -0.2) is 10.9 Å². The number of aromatic nitrogens is 1. The van der Waals surface area contributed by atoms with Crippen LogP contribution < -0.4 is 11.1 Å². The summed E-state index contributed by atoms with van der Waals surface area (Å²) in [5, 5.41) is 2.86. The largest absolute Gasteiger partial charge is 0.384 e. The van der Waals surface area contributed by atoms with E-state index in [9.17, 15) is 4.79 Å². The molecule has 2 rings (SSSR count). The Kier molecular flexibility index (Phi) is 4.03. The Balaban J connectivity index is 2.22. The molecule has 1 heterocycles. The lowest BCUT2D eigenvalue weighted by molar-refractivity contribution is 0.102. The van der Waals surface area contributed by atoms with Gasteiger partial charge in [-0.25, -0.2) is 4.98 Å². The predicted octanol–water partition coefficient (Wildman–Crippen LogP) is 3.35. The van der Waals surface area contributed by atoms with Crippen LogP contribution in [-0.2, 0) is 0 Å². The number of benzene rings is 1. The summed E-state index contributed by atoms with van der Waals surface area (Å²) in [4.78, 5) is 16.5. The first-order chi connectivity index (χ1) is 9.45. The highest BCUT2D eigenvalue weighted by atomic mass is 16.1. The van der Waals surface area contributed by atoms with E-state index in [0.717, 1.165) is 16.9 Å². The Labute approximate surface area is 119 Å². The first-order valence-corrected chi connectivity index (χ1v) is 6.61. The zero-order valence-electron chi connectivity index (χ0n) is 12.0. The molecule has 0 bridgehead atoms. The van der Waals surface area contributed by atoms with Crippen LogP contribution in [0.1, 0.15) is 41.4 Å². The summed E-state index contributed by atoms with van der Waals surface area (Å²) in [5.41, 5.74) is 9.02. The van der Waals surface area contributed by atoms with Crippen LogP contribution in [0.4, 0.5) is 11.5 Å². The number of amides is 1. The van der Waals surface area contributed by atoms with E-state index in [4.69, 9.17) is 5.73 Å². The third-order valence-electron chi connectivity index (χ3n) is 3.03. The van der Waals surface area contributed by atoms with Gasteiger partial charge < -0.3 is 11.1 Å². The standard InChI is InChI=1S/C16H19N3O/c1-10(2)14-8-12(9-15(17)19-14)16(20)18-13-6-4-11(3)5-7-13/h4-10H,1-3H3,(H2,17,19)(H,18,20). The average Bonchev–Trinajstić information content (AvgIpc) is 2.40. The molecule has 0 saturated heterocycles. The third kappa shape index (κ3) is 3.35. The van der Waals surface area contributed by atoms with E-state index in [2.05, 4.69) is 10.3 Å². The van der Waals surface area contributed by atoms with Crippen LogP contribution in [0.25, 0.3) is 0 Å². The molecule has 0 radical (unpaired) electrons. The van der Waals surface area contributed by atoms with E-state index in [0.29, 0.717) is 11.4 Å². The van der Waals surface area contributed by atoms with Gasteiger partial charge in [-0.1, -0.05) is 31.5 Å². The van der Waals surface area contributed by atoms with Gasteiger partial charge in [0.2, 0.25) is 0 Å². The van der Waals surface area contributed by atoms with Crippen LogP contribution in [0.5, 0.6) is 0 Å². The average molecular weight is 269 g/mol. The van der Waals surface area contributed by atoms with Crippen LogP contribution in [0, 0.1) is 6.92 Å². The third-order valence-corrected chi connectivity index (χ3v) is 3.03. The van der Waals surface area contributed by atoms with Crippen molar-refractivity contribution in [2.45, 2.75) is 26.7 Å². The quantitative estimate of drug-likeness (QED) is 0.897. The normalized spacial score (nSPS) is 10.6. The number of hydrogen-bond acceptors (Lipinski definition) is 3. The molecule has 0 atom stereocenters. The molecule has 0 spiro atoms. The molecular weight excluding hydrogens is 250 g/mol. The second-order valence-electron chi connectivity index (χ2n) is 5.18. The van der Waals surface area contributed by atoms with E-state index in [-0.39, 0.29) is 11.8 Å². The van der Waals surface area contributed by atoms with E-state index >= 15 is 0 Å². The first-order valence-electron chi connectivity index (χ1n) is 6.61. The second-order valence-corrected chi connectivity index (χ2v) is 5.18. The van der Waals surface area contributed by atoms with Crippen LogP contribution in [0.15, 0.2) is 36.4 Å². The van der Waals surface area contributed by atoms with Crippen molar-refractivity contribution in [1.29, 1.82) is 0 Å². The van der Waals surface area contributed by atoms with E-state index in [1.54, 1.807) is 12.1 Å². The molecular formula is C16H19N3O. The number of nitrogens with zero attached hydrogens (tertiary/aromatic N) is 1. The number of nitrogens with one attached hydrogen (secondary N) is 1. The molecule has 0 fully saturated rings. The fourth-order valence-corrected chi connectivity index (χ4v) is 1.84. The molecule has 0 unspecified atom stereocenters. The van der Waals surface area contributed by atoms with Gasteiger partial charge in [0.1, 0.15) is 5.82 Å². The lowest BCUT2D eigenvalue weighted by Crippen LogP contribution is -2.13. The zero-order valence-corrected chi connectivity index (χ0v) is 12.0. The van der Waals surface area contributed by atoms with Gasteiger partial charge in [0.15, 0.2) is 0 Å². The SMILES string of the molecule is Cc1ccc(NC(=O)c2cc(N)nc(C(C)C)c2)cc1. The second kappa shape index (κ2) is 5.74. The summed E-state index contributed by atoms with van der Waals surface area (Å²) in [6.45, 7) is 6.04. The lowest BCUT2D eigenvalue weighted by Gasteiger charge is -2.10. The summed E-state index contributed by atoms with van der Waals surface area (Å²) in [7, 11) is 0. The van der Waals surface area contributed by atoms with Crippen molar-refractivity contribution in [2.24, 2.45) is 0 Å². The van der Waals surface area contributed by atoms with E-state index < -0.39 is 0 Å². The van der Waals surface area contributed by atoms with Gasteiger partial charge in [0.05, 0.1) is 0 Å². The molecule has 0 aliphatic rings. The predicted molar refractivity (Wildman–Crippen MR) is 81.9 cm³/mol. The molecule has 4 heteroatoms. The van der Waals surface area contributed by atoms with E-state index in [1.807, 2.05) is 45.0 Å². The molecule has 1 aromatic heterocycles. The lowest BCUT2D eigenvalue weighted by atomic mass is 10.1. The maximum atomic E-state index is 12.2.